The molecule has 2 rings (SSSR count). The maximum atomic E-state index is 11.9. The summed E-state index contributed by atoms with van der Waals surface area (Å²) < 4.78 is 0. The fraction of sp³-hybridized carbons (Fsp3) is 0.0833. The highest BCUT2D eigenvalue weighted by Crippen LogP contribution is 2.26. The van der Waals surface area contributed by atoms with Crippen LogP contribution in [0.5, 0.6) is 0 Å². The Balaban J connectivity index is 2.22. The van der Waals surface area contributed by atoms with Crippen LogP contribution in [-0.2, 0) is 0 Å². The van der Waals surface area contributed by atoms with Crippen molar-refractivity contribution in [1.29, 1.82) is 0 Å². The molecule has 2 aromatic rings. The van der Waals surface area contributed by atoms with Crippen LogP contribution in [0, 0.1) is 6.92 Å². The number of aryl methyl sites for hydroxylation is 1. The maximum absolute atomic E-state index is 11.9. The molecule has 0 atom stereocenters. The number of H-pyrrole nitrogens is 1. The van der Waals surface area contributed by atoms with Gasteiger partial charge in [-0.05, 0) is 24.6 Å². The summed E-state index contributed by atoms with van der Waals surface area (Å²) in [7, 11) is 0. The van der Waals surface area contributed by atoms with Crippen LogP contribution in [0.3, 0.4) is 0 Å². The lowest BCUT2D eigenvalue weighted by molar-refractivity contribution is 0.0701. The number of carbonyl (C=O) groups excluding carboxylic acids is 1. The zero-order chi connectivity index (χ0) is 14.0. The minimum Gasteiger partial charge on any atom is -0.477 e. The molecule has 0 aromatic carbocycles. The molecule has 3 N–H and O–H groups in total. The fourth-order valence-electron chi connectivity index (χ4n) is 1.53. The van der Waals surface area contributed by atoms with Crippen LogP contribution in [0.2, 0.25) is 0 Å². The molecular weight excluding hydrogens is 268 g/mol. The van der Waals surface area contributed by atoms with E-state index in [1.165, 1.54) is 18.3 Å². The number of amides is 1. The number of thiophene rings is 1. The van der Waals surface area contributed by atoms with Gasteiger partial charge in [0.15, 0.2) is 0 Å². The number of carboxylic acid groups (broad SMARTS) is 1. The molecule has 0 aliphatic carbocycles. The maximum Gasteiger partial charge on any atom is 0.346 e. The Morgan fingerprint density at radius 2 is 2.11 bits per heavy atom. The lowest BCUT2D eigenvalue weighted by Crippen LogP contribution is -2.14. The summed E-state index contributed by atoms with van der Waals surface area (Å²) in [6, 6.07) is 4.22. The van der Waals surface area contributed by atoms with E-state index in [0.29, 0.717) is 10.6 Å². The van der Waals surface area contributed by atoms with Gasteiger partial charge in [0.2, 0.25) is 5.56 Å². The SMILES string of the molecule is Cc1cc(NC(=O)c2cc[nH]c(=O)c2)sc1C(=O)O. The number of aromatic amines is 1. The molecule has 0 radical (unpaired) electrons. The number of nitrogens with one attached hydrogen (secondary N) is 2. The number of anilines is 1. The predicted octanol–water partition coefficient (Wildman–Crippen LogP) is 1.70. The normalized spacial score (nSPS) is 10.2. The van der Waals surface area contributed by atoms with E-state index in [2.05, 4.69) is 10.3 Å². The van der Waals surface area contributed by atoms with Gasteiger partial charge in [0.25, 0.3) is 5.91 Å². The van der Waals surface area contributed by atoms with Crippen molar-refractivity contribution in [2.75, 3.05) is 5.32 Å². The Morgan fingerprint density at radius 3 is 2.68 bits per heavy atom. The van der Waals surface area contributed by atoms with Crippen LogP contribution in [0.4, 0.5) is 5.00 Å². The van der Waals surface area contributed by atoms with Gasteiger partial charge in [-0.15, -0.1) is 11.3 Å². The average Bonchev–Trinajstić information content (AvgIpc) is 2.70. The van der Waals surface area contributed by atoms with E-state index in [1.807, 2.05) is 0 Å². The number of rotatable bonds is 3. The minimum absolute atomic E-state index is 0.182. The van der Waals surface area contributed by atoms with Gasteiger partial charge in [-0.3, -0.25) is 9.59 Å². The molecule has 98 valence electrons. The minimum atomic E-state index is -1.03. The largest absolute Gasteiger partial charge is 0.477 e. The molecule has 6 nitrogen and oxygen atoms in total. The Morgan fingerprint density at radius 1 is 1.37 bits per heavy atom. The Labute approximate surface area is 111 Å². The topological polar surface area (TPSA) is 99.3 Å². The van der Waals surface area contributed by atoms with E-state index in [4.69, 9.17) is 5.11 Å². The lowest BCUT2D eigenvalue weighted by atomic mass is 10.2. The monoisotopic (exact) mass is 278 g/mol. The molecule has 0 bridgehead atoms. The molecule has 0 spiro atoms. The first-order valence-electron chi connectivity index (χ1n) is 5.31. The third-order valence-electron chi connectivity index (χ3n) is 2.39. The molecule has 7 heteroatoms. The van der Waals surface area contributed by atoms with Crippen LogP contribution in [0.1, 0.15) is 25.6 Å². The lowest BCUT2D eigenvalue weighted by Gasteiger charge is -2.01. The first-order valence-corrected chi connectivity index (χ1v) is 6.13. The van der Waals surface area contributed by atoms with Crippen molar-refractivity contribution in [3.05, 3.63) is 50.8 Å². The molecule has 0 saturated carbocycles. The van der Waals surface area contributed by atoms with Gasteiger partial charge in [0.05, 0.1) is 5.00 Å². The number of pyridine rings is 1. The van der Waals surface area contributed by atoms with Gasteiger partial charge < -0.3 is 15.4 Å². The molecule has 0 unspecified atom stereocenters. The number of aromatic nitrogens is 1. The van der Waals surface area contributed by atoms with Crippen molar-refractivity contribution in [3.63, 3.8) is 0 Å². The van der Waals surface area contributed by atoms with Crippen LogP contribution in [-0.4, -0.2) is 22.0 Å². The average molecular weight is 278 g/mol. The zero-order valence-corrected chi connectivity index (χ0v) is 10.7. The quantitative estimate of drug-likeness (QED) is 0.795. The smallest absolute Gasteiger partial charge is 0.346 e. The molecule has 0 fully saturated rings. The van der Waals surface area contributed by atoms with E-state index in [-0.39, 0.29) is 16.0 Å². The molecule has 0 aliphatic rings. The summed E-state index contributed by atoms with van der Waals surface area (Å²) >= 11 is 0.977. The molecule has 2 aromatic heterocycles. The van der Waals surface area contributed by atoms with Crippen LogP contribution in [0.25, 0.3) is 0 Å². The summed E-state index contributed by atoms with van der Waals surface area (Å²) in [5.74, 6) is -1.48. The van der Waals surface area contributed by atoms with Crippen LogP contribution in [0.15, 0.2) is 29.2 Å². The summed E-state index contributed by atoms with van der Waals surface area (Å²) in [6.07, 6.45) is 1.37. The number of carboxylic acids is 1. The summed E-state index contributed by atoms with van der Waals surface area (Å²) in [4.78, 5) is 36.4. The molecule has 2 heterocycles. The summed E-state index contributed by atoms with van der Waals surface area (Å²) in [5.41, 5.74) is 0.423. The second-order valence-corrected chi connectivity index (χ2v) is 4.88. The second-order valence-electron chi connectivity index (χ2n) is 3.82. The third-order valence-corrected chi connectivity index (χ3v) is 3.53. The molecule has 19 heavy (non-hydrogen) atoms. The first-order chi connectivity index (χ1) is 8.97. The number of hydrogen-bond acceptors (Lipinski definition) is 4. The van der Waals surface area contributed by atoms with Gasteiger partial charge in [-0.2, -0.15) is 0 Å². The molecule has 0 saturated heterocycles. The molecule has 0 aliphatic heterocycles. The standard InChI is InChI=1S/C12H10N2O4S/c1-6-4-9(19-10(6)12(17)18)14-11(16)7-2-3-13-8(15)5-7/h2-5H,1H3,(H,13,15)(H,14,16)(H,17,18). The first kappa shape index (κ1) is 13.0. The predicted molar refractivity (Wildman–Crippen MR) is 71.0 cm³/mol. The molecular formula is C12H10N2O4S. The number of carbonyl (C=O) groups is 2. The van der Waals surface area contributed by atoms with E-state index < -0.39 is 11.9 Å². The summed E-state index contributed by atoms with van der Waals surface area (Å²) in [6.45, 7) is 1.66. The van der Waals surface area contributed by atoms with E-state index >= 15 is 0 Å². The van der Waals surface area contributed by atoms with Gasteiger partial charge in [-0.25, -0.2) is 4.79 Å². The highest BCUT2D eigenvalue weighted by atomic mass is 32.1. The van der Waals surface area contributed by atoms with Gasteiger partial charge >= 0.3 is 5.97 Å². The van der Waals surface area contributed by atoms with Crippen molar-refractivity contribution in [2.24, 2.45) is 0 Å². The molecule has 1 amide bonds. The van der Waals surface area contributed by atoms with Crippen molar-refractivity contribution in [1.82, 2.24) is 4.98 Å². The number of aromatic carboxylic acids is 1. The van der Waals surface area contributed by atoms with Crippen molar-refractivity contribution in [3.8, 4) is 0 Å². The third kappa shape index (κ3) is 2.89. The highest BCUT2D eigenvalue weighted by molar-refractivity contribution is 7.18. The van der Waals surface area contributed by atoms with E-state index in [0.717, 1.165) is 11.3 Å². The second kappa shape index (κ2) is 5.07. The van der Waals surface area contributed by atoms with Gasteiger partial charge in [-0.1, -0.05) is 0 Å². The van der Waals surface area contributed by atoms with Crippen LogP contribution >= 0.6 is 11.3 Å². The highest BCUT2D eigenvalue weighted by Gasteiger charge is 2.14. The Kier molecular flexibility index (Phi) is 3.48. The Hall–Kier alpha value is -2.41. The van der Waals surface area contributed by atoms with Gasteiger partial charge in [0.1, 0.15) is 4.88 Å². The van der Waals surface area contributed by atoms with Crippen molar-refractivity contribution < 1.29 is 14.7 Å². The van der Waals surface area contributed by atoms with Crippen LogP contribution < -0.4 is 10.9 Å². The summed E-state index contributed by atoms with van der Waals surface area (Å²) in [5, 5.41) is 11.9. The van der Waals surface area contributed by atoms with Crippen molar-refractivity contribution >= 4 is 28.2 Å². The zero-order valence-electron chi connectivity index (χ0n) is 9.89. The number of hydrogen-bond donors (Lipinski definition) is 3. The van der Waals surface area contributed by atoms with E-state index in [9.17, 15) is 14.4 Å². The van der Waals surface area contributed by atoms with E-state index in [1.54, 1.807) is 13.0 Å². The fourth-order valence-corrected chi connectivity index (χ4v) is 2.43. The Bertz CT molecular complexity index is 702. The van der Waals surface area contributed by atoms with Crippen molar-refractivity contribution in [2.45, 2.75) is 6.92 Å². The van der Waals surface area contributed by atoms with Gasteiger partial charge in [0, 0.05) is 17.8 Å².